The summed E-state index contributed by atoms with van der Waals surface area (Å²) in [6.45, 7) is 1.66. The number of nitrogens with zero attached hydrogens (tertiary/aromatic N) is 5. The molecule has 28 heavy (non-hydrogen) atoms. The number of nitrogens with one attached hydrogen (secondary N) is 1. The van der Waals surface area contributed by atoms with Crippen molar-refractivity contribution < 1.29 is 17.9 Å². The van der Waals surface area contributed by atoms with Crippen molar-refractivity contribution in [3.8, 4) is 11.6 Å². The van der Waals surface area contributed by atoms with Crippen molar-refractivity contribution in [3.63, 3.8) is 0 Å². The van der Waals surface area contributed by atoms with Gasteiger partial charge in [0.15, 0.2) is 0 Å². The Morgan fingerprint density at radius 2 is 1.89 bits per heavy atom. The van der Waals surface area contributed by atoms with Gasteiger partial charge in [0, 0.05) is 35.8 Å². The van der Waals surface area contributed by atoms with Crippen molar-refractivity contribution in [2.24, 2.45) is 0 Å². The lowest BCUT2D eigenvalue weighted by Crippen LogP contribution is -2.08. The van der Waals surface area contributed by atoms with Crippen LogP contribution in [-0.2, 0) is 6.18 Å². The van der Waals surface area contributed by atoms with E-state index in [0.717, 1.165) is 4.52 Å². The summed E-state index contributed by atoms with van der Waals surface area (Å²) < 4.78 is 45.5. The summed E-state index contributed by atoms with van der Waals surface area (Å²) in [7, 11) is 0. The van der Waals surface area contributed by atoms with E-state index in [9.17, 15) is 13.2 Å². The first-order valence-electron chi connectivity index (χ1n) is 8.16. The molecule has 0 aliphatic rings. The van der Waals surface area contributed by atoms with Crippen LogP contribution in [0, 0.1) is 6.92 Å². The molecule has 142 valence electrons. The number of benzene rings is 1. The second-order valence-corrected chi connectivity index (χ2v) is 5.85. The van der Waals surface area contributed by atoms with Crippen LogP contribution in [0.5, 0.6) is 11.6 Å². The zero-order chi connectivity index (χ0) is 19.7. The SMILES string of the molecule is Cc1cc(Nc2cccc(Oc3ccccn3)c2)n2nc(C(F)(F)F)nc2n1. The van der Waals surface area contributed by atoms with Crippen molar-refractivity contribution >= 4 is 17.3 Å². The van der Waals surface area contributed by atoms with Crippen molar-refractivity contribution in [3.05, 3.63) is 66.2 Å². The van der Waals surface area contributed by atoms with E-state index in [4.69, 9.17) is 4.74 Å². The summed E-state index contributed by atoms with van der Waals surface area (Å²) in [4.78, 5) is 11.6. The Morgan fingerprint density at radius 3 is 2.64 bits per heavy atom. The highest BCUT2D eigenvalue weighted by Gasteiger charge is 2.36. The highest BCUT2D eigenvalue weighted by molar-refractivity contribution is 5.60. The Kier molecular flexibility index (Phi) is 4.30. The first-order valence-corrected chi connectivity index (χ1v) is 8.16. The largest absolute Gasteiger partial charge is 0.453 e. The molecule has 7 nitrogen and oxygen atoms in total. The van der Waals surface area contributed by atoms with E-state index in [1.807, 2.05) is 0 Å². The Morgan fingerprint density at radius 1 is 1.04 bits per heavy atom. The fraction of sp³-hybridized carbons (Fsp3) is 0.111. The van der Waals surface area contributed by atoms with Gasteiger partial charge in [0.05, 0.1) is 0 Å². The quantitative estimate of drug-likeness (QED) is 0.561. The molecule has 4 rings (SSSR count). The summed E-state index contributed by atoms with van der Waals surface area (Å²) in [6, 6.07) is 13.8. The van der Waals surface area contributed by atoms with Crippen LogP contribution in [-0.4, -0.2) is 24.6 Å². The number of rotatable bonds is 4. The maximum atomic E-state index is 12.9. The van der Waals surface area contributed by atoms with Crippen LogP contribution < -0.4 is 10.1 Å². The highest BCUT2D eigenvalue weighted by Crippen LogP contribution is 2.28. The lowest BCUT2D eigenvalue weighted by molar-refractivity contribution is -0.144. The summed E-state index contributed by atoms with van der Waals surface area (Å²) in [6.07, 6.45) is -3.05. The van der Waals surface area contributed by atoms with E-state index < -0.39 is 12.0 Å². The molecular weight excluding hydrogens is 373 g/mol. The van der Waals surface area contributed by atoms with Gasteiger partial charge in [-0.25, -0.2) is 9.97 Å². The third kappa shape index (κ3) is 3.70. The molecule has 0 amide bonds. The standard InChI is InChI=1S/C18H13F3N6O/c1-11-9-14(27-17(23-11)25-16(26-27)18(19,20)21)24-12-5-4-6-13(10-12)28-15-7-2-3-8-22-15/h2-10,24H,1H3. The molecule has 0 atom stereocenters. The van der Waals surface area contributed by atoms with Crippen LogP contribution in [0.3, 0.4) is 0 Å². The first kappa shape index (κ1) is 17.7. The summed E-state index contributed by atoms with van der Waals surface area (Å²) in [5.74, 6) is -0.162. The van der Waals surface area contributed by atoms with Crippen LogP contribution in [0.2, 0.25) is 0 Å². The molecule has 0 unspecified atom stereocenters. The average molecular weight is 386 g/mol. The van der Waals surface area contributed by atoms with Gasteiger partial charge in [0.1, 0.15) is 11.6 Å². The summed E-state index contributed by atoms with van der Waals surface area (Å²) in [5, 5.41) is 6.56. The minimum atomic E-state index is -4.66. The number of hydrogen-bond donors (Lipinski definition) is 1. The number of alkyl halides is 3. The van der Waals surface area contributed by atoms with Gasteiger partial charge in [-0.2, -0.15) is 22.7 Å². The van der Waals surface area contributed by atoms with E-state index in [-0.39, 0.29) is 5.78 Å². The fourth-order valence-corrected chi connectivity index (χ4v) is 2.51. The van der Waals surface area contributed by atoms with Crippen LogP contribution >= 0.6 is 0 Å². The predicted octanol–water partition coefficient (Wildman–Crippen LogP) is 4.38. The second-order valence-electron chi connectivity index (χ2n) is 5.85. The minimum Gasteiger partial charge on any atom is -0.439 e. The molecule has 3 heterocycles. The third-order valence-electron chi connectivity index (χ3n) is 3.66. The van der Waals surface area contributed by atoms with Gasteiger partial charge in [-0.1, -0.05) is 12.1 Å². The number of anilines is 2. The number of fused-ring (bicyclic) bond motifs is 1. The Hall–Kier alpha value is -3.69. The number of halogens is 3. The van der Waals surface area contributed by atoms with E-state index in [0.29, 0.717) is 28.8 Å². The predicted molar refractivity (Wildman–Crippen MR) is 94.6 cm³/mol. The average Bonchev–Trinajstić information content (AvgIpc) is 3.07. The van der Waals surface area contributed by atoms with Gasteiger partial charge >= 0.3 is 6.18 Å². The van der Waals surface area contributed by atoms with Crippen LogP contribution in [0.4, 0.5) is 24.7 Å². The normalized spacial score (nSPS) is 11.6. The minimum absolute atomic E-state index is 0.143. The van der Waals surface area contributed by atoms with Crippen molar-refractivity contribution in [2.75, 3.05) is 5.32 Å². The molecule has 0 radical (unpaired) electrons. The third-order valence-corrected chi connectivity index (χ3v) is 3.66. The molecule has 10 heteroatoms. The van der Waals surface area contributed by atoms with Gasteiger partial charge in [-0.15, -0.1) is 5.10 Å². The molecule has 0 spiro atoms. The molecule has 4 aromatic rings. The summed E-state index contributed by atoms with van der Waals surface area (Å²) in [5.41, 5.74) is 1.08. The van der Waals surface area contributed by atoms with E-state index in [1.54, 1.807) is 61.7 Å². The molecule has 0 aliphatic carbocycles. The van der Waals surface area contributed by atoms with E-state index in [1.165, 1.54) is 0 Å². The zero-order valence-electron chi connectivity index (χ0n) is 14.5. The molecule has 0 fully saturated rings. The van der Waals surface area contributed by atoms with Crippen molar-refractivity contribution in [1.82, 2.24) is 24.6 Å². The molecule has 3 aromatic heterocycles. The number of ether oxygens (including phenoxy) is 1. The molecular formula is C18H13F3N6O. The maximum Gasteiger partial charge on any atom is 0.453 e. The van der Waals surface area contributed by atoms with E-state index in [2.05, 4.69) is 25.4 Å². The monoisotopic (exact) mass is 386 g/mol. The lowest BCUT2D eigenvalue weighted by atomic mass is 10.3. The van der Waals surface area contributed by atoms with Crippen LogP contribution in [0.25, 0.3) is 5.78 Å². The first-order chi connectivity index (χ1) is 13.4. The molecule has 0 bridgehead atoms. The fourth-order valence-electron chi connectivity index (χ4n) is 2.51. The maximum absolute atomic E-state index is 12.9. The molecule has 1 N–H and O–H groups in total. The number of aryl methyl sites for hydroxylation is 1. The summed E-state index contributed by atoms with van der Waals surface area (Å²) >= 11 is 0. The van der Waals surface area contributed by atoms with Crippen LogP contribution in [0.1, 0.15) is 11.5 Å². The lowest BCUT2D eigenvalue weighted by Gasteiger charge is -2.10. The van der Waals surface area contributed by atoms with Gasteiger partial charge in [0.25, 0.3) is 11.6 Å². The molecule has 0 aliphatic heterocycles. The molecule has 1 aromatic carbocycles. The van der Waals surface area contributed by atoms with Crippen molar-refractivity contribution in [1.29, 1.82) is 0 Å². The Balaban J connectivity index is 1.66. The molecule has 0 saturated heterocycles. The smallest absolute Gasteiger partial charge is 0.439 e. The number of pyridine rings is 1. The second kappa shape index (κ2) is 6.80. The van der Waals surface area contributed by atoms with Crippen LogP contribution in [0.15, 0.2) is 54.7 Å². The van der Waals surface area contributed by atoms with Gasteiger partial charge in [-0.05, 0) is 25.1 Å². The number of aromatic nitrogens is 5. The Bertz CT molecular complexity index is 1130. The number of hydrogen-bond acceptors (Lipinski definition) is 6. The van der Waals surface area contributed by atoms with Gasteiger partial charge in [0.2, 0.25) is 5.88 Å². The zero-order valence-corrected chi connectivity index (χ0v) is 14.5. The van der Waals surface area contributed by atoms with Gasteiger partial charge < -0.3 is 10.1 Å². The topological polar surface area (TPSA) is 77.2 Å². The van der Waals surface area contributed by atoms with E-state index >= 15 is 0 Å². The highest BCUT2D eigenvalue weighted by atomic mass is 19.4. The van der Waals surface area contributed by atoms with Crippen molar-refractivity contribution in [2.45, 2.75) is 13.1 Å². The van der Waals surface area contributed by atoms with Gasteiger partial charge in [-0.3, -0.25) is 0 Å². The molecule has 0 saturated carbocycles. The Labute approximate surface area is 156 Å².